The Balaban J connectivity index is 1.58. The zero-order chi connectivity index (χ0) is 45.0. The fraction of sp³-hybridized carbons (Fsp3) is 0.452. The van der Waals surface area contributed by atoms with Crippen LogP contribution in [0, 0.1) is 0 Å². The maximum absolute atomic E-state index is 14.2. The average molecular weight is 861 g/mol. The third-order valence-corrected chi connectivity index (χ3v) is 10.2. The second-order valence-electron chi connectivity index (χ2n) is 15.1. The van der Waals surface area contributed by atoms with Crippen LogP contribution in [0.15, 0.2) is 60.8 Å². The molecular weight excluding hydrogens is 805 g/mol. The number of H-pyrrole nitrogens is 1. The lowest BCUT2D eigenvalue weighted by molar-refractivity contribution is -0.141. The Hall–Kier alpha value is -6.83. The number of carbonyl (C=O) groups is 9. The fourth-order valence-corrected chi connectivity index (χ4v) is 6.77. The minimum Gasteiger partial charge on any atom is -0.481 e. The number of hydrogen-bond donors (Lipinski definition) is 11. The van der Waals surface area contributed by atoms with Crippen LogP contribution in [-0.4, -0.2) is 113 Å². The highest BCUT2D eigenvalue weighted by molar-refractivity contribution is 5.97. The number of aromatic amines is 1. The number of aromatic nitrogens is 1. The standard InChI is InChI=1S/C42H56N10O10/c43-28-13-6-8-18-45-34(53)16-17-35(54)46-19-9-7-15-30(40(60)52-33(22-37(56)57)42(62)51-31(38(44)58)20-25-10-2-1-3-11-25)50-41(61)32(49-36(55)24-48-39(28)59)21-26-23-47-29-14-5-4-12-27(26)29/h1-5,10-12,14,23,28,30-33,47H,6-9,13,15-22,24,43H2,(H2,44,58)(H,45,53)(H,46,54)(H,48,59)(H,49,55)(H,50,61)(H,51,62)(H,52,60)(H,56,57)/t28-,30-,31-,32-,33-/m0/s1. The molecule has 13 N–H and O–H groups in total. The number of carbonyl (C=O) groups excluding carboxylic acids is 8. The lowest BCUT2D eigenvalue weighted by atomic mass is 10.0. The highest BCUT2D eigenvalue weighted by Crippen LogP contribution is 2.19. The van der Waals surface area contributed by atoms with Gasteiger partial charge in [-0.05, 0) is 55.7 Å². The number of rotatable bonds is 11. The zero-order valence-electron chi connectivity index (χ0n) is 34.3. The first-order valence-electron chi connectivity index (χ1n) is 20.6. The van der Waals surface area contributed by atoms with Crippen molar-refractivity contribution in [1.29, 1.82) is 0 Å². The van der Waals surface area contributed by atoms with Crippen molar-refractivity contribution in [1.82, 2.24) is 42.2 Å². The van der Waals surface area contributed by atoms with Crippen LogP contribution in [0.5, 0.6) is 0 Å². The van der Waals surface area contributed by atoms with Gasteiger partial charge in [0.1, 0.15) is 24.2 Å². The summed E-state index contributed by atoms with van der Waals surface area (Å²) in [5.74, 6) is -7.19. The number of carboxylic acid groups (broad SMARTS) is 1. The number of hydrogen-bond acceptors (Lipinski definition) is 10. The summed E-state index contributed by atoms with van der Waals surface area (Å²) in [6.07, 6.45) is 2.32. The number of amides is 8. The summed E-state index contributed by atoms with van der Waals surface area (Å²) >= 11 is 0. The van der Waals surface area contributed by atoms with E-state index in [1.165, 1.54) is 0 Å². The van der Waals surface area contributed by atoms with Gasteiger partial charge in [0.2, 0.25) is 47.3 Å². The molecule has 4 rings (SSSR count). The minimum atomic E-state index is -1.72. The van der Waals surface area contributed by atoms with Gasteiger partial charge in [0.25, 0.3) is 0 Å². The molecule has 1 aliphatic rings. The largest absolute Gasteiger partial charge is 0.481 e. The summed E-state index contributed by atoms with van der Waals surface area (Å²) in [6, 6.07) is 9.22. The summed E-state index contributed by atoms with van der Waals surface area (Å²) in [7, 11) is 0. The van der Waals surface area contributed by atoms with Crippen molar-refractivity contribution in [2.75, 3.05) is 19.6 Å². The second kappa shape index (κ2) is 24.4. The van der Waals surface area contributed by atoms with E-state index in [4.69, 9.17) is 11.5 Å². The summed E-state index contributed by atoms with van der Waals surface area (Å²) in [5.41, 5.74) is 13.7. The van der Waals surface area contributed by atoms with Crippen LogP contribution < -0.4 is 48.7 Å². The molecule has 62 heavy (non-hydrogen) atoms. The van der Waals surface area contributed by atoms with E-state index in [0.717, 1.165) is 10.9 Å². The number of nitrogens with two attached hydrogens (primary N) is 2. The third kappa shape index (κ3) is 16.0. The molecule has 334 valence electrons. The van der Waals surface area contributed by atoms with Crippen LogP contribution in [0.4, 0.5) is 0 Å². The van der Waals surface area contributed by atoms with Gasteiger partial charge in [0.05, 0.1) is 19.0 Å². The summed E-state index contributed by atoms with van der Waals surface area (Å²) < 4.78 is 0. The number of carboxylic acids is 1. The van der Waals surface area contributed by atoms with E-state index in [2.05, 4.69) is 42.2 Å². The first-order chi connectivity index (χ1) is 29.7. The molecule has 0 aliphatic carbocycles. The number of nitrogens with one attached hydrogen (secondary N) is 8. The maximum Gasteiger partial charge on any atom is 0.305 e. The molecule has 0 spiro atoms. The molecule has 1 fully saturated rings. The van der Waals surface area contributed by atoms with E-state index in [1.807, 2.05) is 18.2 Å². The topological polar surface area (TPSA) is 326 Å². The Morgan fingerprint density at radius 2 is 1.39 bits per heavy atom. The molecule has 20 nitrogen and oxygen atoms in total. The number of primary amides is 1. The number of para-hydroxylation sites is 1. The van der Waals surface area contributed by atoms with Crippen molar-refractivity contribution in [3.63, 3.8) is 0 Å². The Kier molecular flexibility index (Phi) is 18.9. The SMILES string of the molecule is NC(=O)[C@H](Cc1ccccc1)NC(=O)[C@H](CC(=O)O)NC(=O)[C@@H]1CCCCNC(=O)CCC(=O)NCCCC[C@H](N)C(=O)NCC(=O)N[C@@H](Cc2c[nH]c3ccccc23)C(=O)N1. The number of aliphatic carboxylic acids is 1. The molecule has 0 bridgehead atoms. The van der Waals surface area contributed by atoms with E-state index >= 15 is 0 Å². The molecule has 8 amide bonds. The Morgan fingerprint density at radius 1 is 0.742 bits per heavy atom. The maximum atomic E-state index is 14.2. The Morgan fingerprint density at radius 3 is 2.05 bits per heavy atom. The van der Waals surface area contributed by atoms with Crippen LogP contribution in [0.2, 0.25) is 0 Å². The van der Waals surface area contributed by atoms with E-state index in [0.29, 0.717) is 36.9 Å². The van der Waals surface area contributed by atoms with Gasteiger partial charge in [-0.2, -0.15) is 0 Å². The van der Waals surface area contributed by atoms with Crippen molar-refractivity contribution in [3.8, 4) is 0 Å². The smallest absolute Gasteiger partial charge is 0.305 e. The van der Waals surface area contributed by atoms with Gasteiger partial charge in [-0.25, -0.2) is 0 Å². The molecule has 5 atom stereocenters. The zero-order valence-corrected chi connectivity index (χ0v) is 34.3. The average Bonchev–Trinajstić information content (AvgIpc) is 3.65. The van der Waals surface area contributed by atoms with Crippen LogP contribution in [0.25, 0.3) is 10.9 Å². The van der Waals surface area contributed by atoms with Crippen LogP contribution in [0.3, 0.4) is 0 Å². The summed E-state index contributed by atoms with van der Waals surface area (Å²) in [5, 5.41) is 28.5. The van der Waals surface area contributed by atoms with Crippen molar-refractivity contribution in [2.45, 2.75) is 101 Å². The highest BCUT2D eigenvalue weighted by atomic mass is 16.4. The molecule has 0 radical (unpaired) electrons. The van der Waals surface area contributed by atoms with Gasteiger partial charge < -0.3 is 58.8 Å². The molecule has 1 saturated heterocycles. The third-order valence-electron chi connectivity index (χ3n) is 10.2. The van der Waals surface area contributed by atoms with E-state index in [1.54, 1.807) is 42.6 Å². The minimum absolute atomic E-state index is 0.0158. The first kappa shape index (κ1) is 47.8. The molecule has 20 heteroatoms. The van der Waals surface area contributed by atoms with Crippen LogP contribution in [0.1, 0.15) is 68.9 Å². The molecule has 2 heterocycles. The molecule has 1 aromatic heterocycles. The molecule has 0 unspecified atom stereocenters. The van der Waals surface area contributed by atoms with Crippen LogP contribution >= 0.6 is 0 Å². The lowest BCUT2D eigenvalue weighted by Gasteiger charge is -2.26. The summed E-state index contributed by atoms with van der Waals surface area (Å²) in [4.78, 5) is 120. The van der Waals surface area contributed by atoms with Gasteiger partial charge in [0, 0.05) is 55.9 Å². The molecular formula is C42H56N10O10. The van der Waals surface area contributed by atoms with Crippen molar-refractivity contribution < 1.29 is 48.3 Å². The molecule has 0 saturated carbocycles. The van der Waals surface area contributed by atoms with Gasteiger partial charge in [-0.15, -0.1) is 0 Å². The quantitative estimate of drug-likeness (QED) is 0.107. The Bertz CT molecular complexity index is 2060. The van der Waals surface area contributed by atoms with E-state index in [-0.39, 0.29) is 63.3 Å². The van der Waals surface area contributed by atoms with Gasteiger partial charge in [0.15, 0.2) is 0 Å². The van der Waals surface area contributed by atoms with Gasteiger partial charge >= 0.3 is 5.97 Å². The normalized spacial score (nSPS) is 20.4. The number of benzene rings is 2. The fourth-order valence-electron chi connectivity index (χ4n) is 6.77. The van der Waals surface area contributed by atoms with Crippen molar-refractivity contribution in [2.24, 2.45) is 11.5 Å². The predicted octanol–water partition coefficient (Wildman–Crippen LogP) is -1.34. The lowest BCUT2D eigenvalue weighted by Crippen LogP contribution is -2.59. The predicted molar refractivity (Wildman–Crippen MR) is 225 cm³/mol. The van der Waals surface area contributed by atoms with Gasteiger partial charge in [-0.3, -0.25) is 43.2 Å². The monoisotopic (exact) mass is 860 g/mol. The second-order valence-corrected chi connectivity index (χ2v) is 15.1. The molecule has 2 aromatic carbocycles. The summed E-state index contributed by atoms with van der Waals surface area (Å²) in [6.45, 7) is -0.0535. The number of fused-ring (bicyclic) bond motifs is 1. The van der Waals surface area contributed by atoms with Gasteiger partial charge in [-0.1, -0.05) is 48.5 Å². The molecule has 3 aromatic rings. The van der Waals surface area contributed by atoms with Crippen molar-refractivity contribution in [3.05, 3.63) is 71.9 Å². The molecule has 1 aliphatic heterocycles. The first-order valence-corrected chi connectivity index (χ1v) is 20.6. The van der Waals surface area contributed by atoms with Crippen LogP contribution in [-0.2, 0) is 56.0 Å². The Labute approximate surface area is 357 Å². The van der Waals surface area contributed by atoms with E-state index in [9.17, 15) is 48.3 Å². The highest BCUT2D eigenvalue weighted by Gasteiger charge is 2.33. The van der Waals surface area contributed by atoms with E-state index < -0.39 is 84.6 Å². The van der Waals surface area contributed by atoms with Crippen molar-refractivity contribution >= 4 is 64.1 Å².